The van der Waals surface area contributed by atoms with Gasteiger partial charge >= 0.3 is 6.03 Å². The molecule has 0 aliphatic carbocycles. The number of hydrogen-bond donors (Lipinski definition) is 2. The number of aromatic nitrogens is 3. The van der Waals surface area contributed by atoms with Crippen LogP contribution in [-0.4, -0.2) is 20.8 Å². The second-order valence-corrected chi connectivity index (χ2v) is 6.71. The Balaban J connectivity index is 2.04. The van der Waals surface area contributed by atoms with Crippen LogP contribution in [0.25, 0.3) is 0 Å². The van der Waals surface area contributed by atoms with Crippen molar-refractivity contribution in [3.8, 4) is 0 Å². The number of rotatable bonds is 5. The molecule has 0 spiro atoms. The Morgan fingerprint density at radius 3 is 2.54 bits per heavy atom. The van der Waals surface area contributed by atoms with Gasteiger partial charge < -0.3 is 15.2 Å². The molecule has 0 aliphatic rings. The SMILES string of the molecule is CCn1cnnc1CNC(=O)N[C@@H](c1ccc(F)cc1)C(C)(C)C. The van der Waals surface area contributed by atoms with Gasteiger partial charge in [-0.05, 0) is 30.0 Å². The van der Waals surface area contributed by atoms with Gasteiger partial charge in [-0.2, -0.15) is 0 Å². The maximum Gasteiger partial charge on any atom is 0.315 e. The first kappa shape index (κ1) is 17.9. The summed E-state index contributed by atoms with van der Waals surface area (Å²) in [5, 5.41) is 13.6. The fourth-order valence-electron chi connectivity index (χ4n) is 2.48. The van der Waals surface area contributed by atoms with E-state index in [9.17, 15) is 9.18 Å². The highest BCUT2D eigenvalue weighted by atomic mass is 19.1. The Hall–Kier alpha value is -2.44. The van der Waals surface area contributed by atoms with Crippen LogP contribution in [-0.2, 0) is 13.1 Å². The molecule has 2 aromatic rings. The summed E-state index contributed by atoms with van der Waals surface area (Å²) in [6.45, 7) is 9.09. The molecule has 24 heavy (non-hydrogen) atoms. The molecule has 1 heterocycles. The van der Waals surface area contributed by atoms with E-state index in [4.69, 9.17) is 0 Å². The smallest absolute Gasteiger partial charge is 0.315 e. The van der Waals surface area contributed by atoms with Crippen LogP contribution in [0, 0.1) is 11.2 Å². The van der Waals surface area contributed by atoms with Gasteiger partial charge in [-0.3, -0.25) is 0 Å². The zero-order valence-corrected chi connectivity index (χ0v) is 14.5. The highest BCUT2D eigenvalue weighted by Crippen LogP contribution is 2.32. The first-order valence-corrected chi connectivity index (χ1v) is 7.97. The van der Waals surface area contributed by atoms with Crippen molar-refractivity contribution in [2.24, 2.45) is 5.41 Å². The molecule has 130 valence electrons. The lowest BCUT2D eigenvalue weighted by Crippen LogP contribution is -2.42. The van der Waals surface area contributed by atoms with E-state index in [1.54, 1.807) is 18.5 Å². The van der Waals surface area contributed by atoms with Crippen LogP contribution < -0.4 is 10.6 Å². The van der Waals surface area contributed by atoms with E-state index in [1.165, 1.54) is 12.1 Å². The van der Waals surface area contributed by atoms with E-state index in [0.717, 1.165) is 12.1 Å². The third-order valence-corrected chi connectivity index (χ3v) is 3.79. The molecule has 7 heteroatoms. The summed E-state index contributed by atoms with van der Waals surface area (Å²) in [5.74, 6) is 0.400. The number of hydrogen-bond acceptors (Lipinski definition) is 3. The third kappa shape index (κ3) is 4.53. The Labute approximate surface area is 141 Å². The first-order chi connectivity index (χ1) is 11.3. The van der Waals surface area contributed by atoms with Crippen LogP contribution in [0.3, 0.4) is 0 Å². The number of nitrogens with one attached hydrogen (secondary N) is 2. The first-order valence-electron chi connectivity index (χ1n) is 7.97. The highest BCUT2D eigenvalue weighted by molar-refractivity contribution is 5.74. The van der Waals surface area contributed by atoms with E-state index in [-0.39, 0.29) is 23.3 Å². The predicted molar refractivity (Wildman–Crippen MR) is 89.7 cm³/mol. The van der Waals surface area contributed by atoms with Crippen molar-refractivity contribution < 1.29 is 9.18 Å². The van der Waals surface area contributed by atoms with Crippen molar-refractivity contribution in [3.05, 3.63) is 47.8 Å². The molecule has 0 unspecified atom stereocenters. The third-order valence-electron chi connectivity index (χ3n) is 3.79. The van der Waals surface area contributed by atoms with Gasteiger partial charge in [0.1, 0.15) is 12.1 Å². The Morgan fingerprint density at radius 1 is 1.29 bits per heavy atom. The summed E-state index contributed by atoms with van der Waals surface area (Å²) >= 11 is 0. The molecule has 2 rings (SSSR count). The Morgan fingerprint density at radius 2 is 1.96 bits per heavy atom. The van der Waals surface area contributed by atoms with Gasteiger partial charge in [0.05, 0.1) is 12.6 Å². The van der Waals surface area contributed by atoms with Crippen molar-refractivity contribution >= 4 is 6.03 Å². The molecule has 2 N–H and O–H groups in total. The van der Waals surface area contributed by atoms with E-state index < -0.39 is 0 Å². The zero-order chi connectivity index (χ0) is 17.7. The number of benzene rings is 1. The largest absolute Gasteiger partial charge is 0.331 e. The highest BCUT2D eigenvalue weighted by Gasteiger charge is 2.28. The van der Waals surface area contributed by atoms with Crippen LogP contribution in [0.5, 0.6) is 0 Å². The number of carbonyl (C=O) groups is 1. The van der Waals surface area contributed by atoms with Gasteiger partial charge in [0.25, 0.3) is 0 Å². The normalized spacial score (nSPS) is 12.7. The number of amides is 2. The van der Waals surface area contributed by atoms with Crippen LogP contribution in [0.15, 0.2) is 30.6 Å². The monoisotopic (exact) mass is 333 g/mol. The molecule has 0 fully saturated rings. The van der Waals surface area contributed by atoms with Crippen LogP contribution >= 0.6 is 0 Å². The van der Waals surface area contributed by atoms with Crippen molar-refractivity contribution in [2.75, 3.05) is 0 Å². The minimum Gasteiger partial charge on any atom is -0.331 e. The summed E-state index contributed by atoms with van der Waals surface area (Å²) in [5.41, 5.74) is 0.634. The van der Waals surface area contributed by atoms with Gasteiger partial charge in [-0.25, -0.2) is 9.18 Å². The van der Waals surface area contributed by atoms with Gasteiger partial charge in [0.2, 0.25) is 0 Å². The molecule has 1 aromatic carbocycles. The van der Waals surface area contributed by atoms with Crippen molar-refractivity contribution in [1.82, 2.24) is 25.4 Å². The molecular weight excluding hydrogens is 309 g/mol. The van der Waals surface area contributed by atoms with E-state index in [1.807, 2.05) is 32.3 Å². The minimum absolute atomic E-state index is 0.224. The van der Waals surface area contributed by atoms with Gasteiger partial charge in [0, 0.05) is 6.54 Å². The molecule has 0 radical (unpaired) electrons. The number of urea groups is 1. The lowest BCUT2D eigenvalue weighted by Gasteiger charge is -2.32. The summed E-state index contributed by atoms with van der Waals surface area (Å²) in [6, 6.07) is 5.64. The predicted octanol–water partition coefficient (Wildman–Crippen LogP) is 3.02. The lowest BCUT2D eigenvalue weighted by molar-refractivity contribution is 0.217. The molecule has 1 aromatic heterocycles. The second kappa shape index (κ2) is 7.42. The van der Waals surface area contributed by atoms with Crippen molar-refractivity contribution in [1.29, 1.82) is 0 Å². The summed E-state index contributed by atoms with van der Waals surface area (Å²) in [4.78, 5) is 12.3. The summed E-state index contributed by atoms with van der Waals surface area (Å²) < 4.78 is 15.0. The standard InChI is InChI=1S/C17H24FN5O/c1-5-23-11-20-22-14(23)10-19-16(24)21-15(17(2,3)4)12-6-8-13(18)9-7-12/h6-9,11,15H,5,10H2,1-4H3,(H2,19,21,24)/t15-/m0/s1. The zero-order valence-electron chi connectivity index (χ0n) is 14.5. The van der Waals surface area contributed by atoms with E-state index in [0.29, 0.717) is 12.4 Å². The van der Waals surface area contributed by atoms with Crippen LogP contribution in [0.2, 0.25) is 0 Å². The maximum atomic E-state index is 13.1. The fraction of sp³-hybridized carbons (Fsp3) is 0.471. The van der Waals surface area contributed by atoms with Gasteiger partial charge in [-0.15, -0.1) is 10.2 Å². The molecule has 6 nitrogen and oxygen atoms in total. The fourth-order valence-corrected chi connectivity index (χ4v) is 2.48. The quantitative estimate of drug-likeness (QED) is 0.883. The number of nitrogens with zero attached hydrogens (tertiary/aromatic N) is 3. The van der Waals surface area contributed by atoms with Crippen molar-refractivity contribution in [3.63, 3.8) is 0 Å². The van der Waals surface area contributed by atoms with Crippen LogP contribution in [0.1, 0.15) is 45.1 Å². The number of halogens is 1. The van der Waals surface area contributed by atoms with Crippen LogP contribution in [0.4, 0.5) is 9.18 Å². The molecule has 1 atom stereocenters. The number of carbonyl (C=O) groups excluding carboxylic acids is 1. The van der Waals surface area contributed by atoms with E-state index in [2.05, 4.69) is 20.8 Å². The average Bonchev–Trinajstić information content (AvgIpc) is 2.98. The Kier molecular flexibility index (Phi) is 5.54. The molecule has 0 saturated heterocycles. The number of aryl methyl sites for hydroxylation is 1. The lowest BCUT2D eigenvalue weighted by atomic mass is 9.82. The topological polar surface area (TPSA) is 71.8 Å². The summed E-state index contributed by atoms with van der Waals surface area (Å²) in [6.07, 6.45) is 1.63. The van der Waals surface area contributed by atoms with Crippen molar-refractivity contribution in [2.45, 2.75) is 46.8 Å². The minimum atomic E-state index is -0.301. The average molecular weight is 333 g/mol. The molecule has 2 amide bonds. The van der Waals surface area contributed by atoms with Gasteiger partial charge in [0.15, 0.2) is 5.82 Å². The maximum absolute atomic E-state index is 13.1. The molecule has 0 saturated carbocycles. The molecule has 0 bridgehead atoms. The Bertz CT molecular complexity index is 675. The molecule has 0 aliphatic heterocycles. The summed E-state index contributed by atoms with van der Waals surface area (Å²) in [7, 11) is 0. The second-order valence-electron chi connectivity index (χ2n) is 6.71. The molecular formula is C17H24FN5O. The van der Waals surface area contributed by atoms with Gasteiger partial charge in [-0.1, -0.05) is 32.9 Å². The van der Waals surface area contributed by atoms with E-state index >= 15 is 0 Å².